The quantitative estimate of drug-likeness (QED) is 0.910. The molecule has 0 aromatic heterocycles. The Labute approximate surface area is 134 Å². The molecule has 0 aliphatic carbocycles. The van der Waals surface area contributed by atoms with Gasteiger partial charge in [0.15, 0.2) is 0 Å². The zero-order valence-corrected chi connectivity index (χ0v) is 12.7. The van der Waals surface area contributed by atoms with Crippen molar-refractivity contribution in [2.45, 2.75) is 18.9 Å². The van der Waals surface area contributed by atoms with Crippen molar-refractivity contribution in [2.75, 3.05) is 13.2 Å². The minimum absolute atomic E-state index is 0.0617. The van der Waals surface area contributed by atoms with Crippen LogP contribution < -0.4 is 15.4 Å². The molecule has 1 unspecified atom stereocenters. The maximum Gasteiger partial charge on any atom is 0.315 e. The van der Waals surface area contributed by atoms with Gasteiger partial charge in [-0.05, 0) is 24.1 Å². The first-order valence-corrected chi connectivity index (χ1v) is 7.73. The Hall–Kier alpha value is -2.56. The highest BCUT2D eigenvalue weighted by Gasteiger charge is 2.22. The van der Waals surface area contributed by atoms with Crippen molar-refractivity contribution >= 4 is 6.03 Å². The molecule has 1 aliphatic heterocycles. The summed E-state index contributed by atoms with van der Waals surface area (Å²) in [6.07, 6.45) is 1.20. The third kappa shape index (κ3) is 3.80. The minimum Gasteiger partial charge on any atom is -0.493 e. The second-order valence-corrected chi connectivity index (χ2v) is 5.47. The summed E-state index contributed by atoms with van der Waals surface area (Å²) >= 11 is 0. The van der Waals surface area contributed by atoms with Crippen LogP contribution >= 0.6 is 0 Å². The molecule has 0 saturated carbocycles. The van der Waals surface area contributed by atoms with Crippen LogP contribution in [0.15, 0.2) is 48.5 Å². The highest BCUT2D eigenvalue weighted by molar-refractivity contribution is 5.74. The van der Waals surface area contributed by atoms with Crippen LogP contribution in [-0.4, -0.2) is 19.2 Å². The molecule has 2 aromatic carbocycles. The number of rotatable bonds is 4. The average Bonchev–Trinajstić information content (AvgIpc) is 2.57. The number of halogens is 1. The van der Waals surface area contributed by atoms with Crippen LogP contribution in [0.4, 0.5) is 9.18 Å². The molecule has 1 aliphatic rings. The second kappa shape index (κ2) is 7.13. The molecule has 1 heterocycles. The summed E-state index contributed by atoms with van der Waals surface area (Å²) in [6.45, 7) is 0.967. The highest BCUT2D eigenvalue weighted by atomic mass is 19.1. The van der Waals surface area contributed by atoms with Crippen LogP contribution in [0.1, 0.15) is 23.6 Å². The van der Waals surface area contributed by atoms with E-state index in [1.54, 1.807) is 18.2 Å². The maximum atomic E-state index is 13.5. The predicted molar refractivity (Wildman–Crippen MR) is 85.9 cm³/mol. The van der Waals surface area contributed by atoms with Crippen molar-refractivity contribution in [3.8, 4) is 5.75 Å². The predicted octanol–water partition coefficient (Wildman–Crippen LogP) is 3.19. The van der Waals surface area contributed by atoms with Gasteiger partial charge in [-0.15, -0.1) is 0 Å². The van der Waals surface area contributed by atoms with E-state index in [9.17, 15) is 9.18 Å². The Bertz CT molecular complexity index is 690. The number of urea groups is 1. The Morgan fingerprint density at radius 3 is 2.83 bits per heavy atom. The lowest BCUT2D eigenvalue weighted by Crippen LogP contribution is -2.40. The van der Waals surface area contributed by atoms with E-state index in [2.05, 4.69) is 10.6 Å². The van der Waals surface area contributed by atoms with Gasteiger partial charge >= 0.3 is 6.03 Å². The molecule has 0 saturated heterocycles. The third-order valence-corrected chi connectivity index (χ3v) is 3.90. The molecule has 2 aromatic rings. The lowest BCUT2D eigenvalue weighted by atomic mass is 10.0. The fourth-order valence-electron chi connectivity index (χ4n) is 2.71. The number of carbonyl (C=O) groups is 1. The summed E-state index contributed by atoms with van der Waals surface area (Å²) < 4.78 is 19.1. The molecule has 0 radical (unpaired) electrons. The molecule has 3 rings (SSSR count). The van der Waals surface area contributed by atoms with Gasteiger partial charge in [0.1, 0.15) is 11.6 Å². The average molecular weight is 314 g/mol. The van der Waals surface area contributed by atoms with E-state index in [0.29, 0.717) is 25.1 Å². The Balaban J connectivity index is 1.52. The van der Waals surface area contributed by atoms with Crippen molar-refractivity contribution in [2.24, 2.45) is 0 Å². The molecule has 23 heavy (non-hydrogen) atoms. The molecular weight excluding hydrogens is 295 g/mol. The van der Waals surface area contributed by atoms with Crippen molar-refractivity contribution in [1.29, 1.82) is 0 Å². The number of amides is 2. The summed E-state index contributed by atoms with van der Waals surface area (Å²) in [6, 6.07) is 14.0. The highest BCUT2D eigenvalue weighted by Crippen LogP contribution is 2.31. The van der Waals surface area contributed by atoms with Gasteiger partial charge in [0.25, 0.3) is 0 Å². The molecular formula is C18H19FN2O2. The molecule has 0 spiro atoms. The number of hydrogen-bond donors (Lipinski definition) is 2. The Morgan fingerprint density at radius 1 is 1.17 bits per heavy atom. The first-order valence-electron chi connectivity index (χ1n) is 7.73. The van der Waals surface area contributed by atoms with Gasteiger partial charge in [-0.1, -0.05) is 36.4 Å². The summed E-state index contributed by atoms with van der Waals surface area (Å²) in [4.78, 5) is 12.0. The molecule has 0 fully saturated rings. The minimum atomic E-state index is -0.247. The van der Waals surface area contributed by atoms with Crippen LogP contribution in [0.5, 0.6) is 5.75 Å². The maximum absolute atomic E-state index is 13.5. The number of carbonyl (C=O) groups excluding carboxylic acids is 1. The molecule has 2 N–H and O–H groups in total. The lowest BCUT2D eigenvalue weighted by Gasteiger charge is -2.26. The van der Waals surface area contributed by atoms with Crippen LogP contribution in [0.25, 0.3) is 0 Å². The fourth-order valence-corrected chi connectivity index (χ4v) is 2.71. The molecule has 4 nitrogen and oxygen atoms in total. The number of fused-ring (bicyclic) bond motifs is 1. The van der Waals surface area contributed by atoms with E-state index in [4.69, 9.17) is 4.74 Å². The Kier molecular flexibility index (Phi) is 4.76. The monoisotopic (exact) mass is 314 g/mol. The summed E-state index contributed by atoms with van der Waals surface area (Å²) in [5.74, 6) is 0.573. The van der Waals surface area contributed by atoms with Crippen LogP contribution in [0, 0.1) is 5.82 Å². The van der Waals surface area contributed by atoms with E-state index in [1.807, 2.05) is 24.3 Å². The third-order valence-electron chi connectivity index (χ3n) is 3.90. The molecule has 120 valence electrons. The second-order valence-electron chi connectivity index (χ2n) is 5.47. The van der Waals surface area contributed by atoms with Crippen molar-refractivity contribution in [3.05, 3.63) is 65.5 Å². The smallest absolute Gasteiger partial charge is 0.315 e. The van der Waals surface area contributed by atoms with Crippen molar-refractivity contribution in [1.82, 2.24) is 10.6 Å². The number of para-hydroxylation sites is 1. The van der Waals surface area contributed by atoms with Crippen LogP contribution in [0.2, 0.25) is 0 Å². The van der Waals surface area contributed by atoms with Gasteiger partial charge in [-0.2, -0.15) is 0 Å². The van der Waals surface area contributed by atoms with Gasteiger partial charge in [0.05, 0.1) is 12.6 Å². The molecule has 0 bridgehead atoms. The van der Waals surface area contributed by atoms with E-state index >= 15 is 0 Å². The van der Waals surface area contributed by atoms with E-state index in [0.717, 1.165) is 17.7 Å². The SMILES string of the molecule is O=C(NCCc1ccccc1F)NC1CCOc2ccccc21. The van der Waals surface area contributed by atoms with Gasteiger partial charge in [0.2, 0.25) is 0 Å². The molecule has 5 heteroatoms. The first-order chi connectivity index (χ1) is 11.2. The summed E-state index contributed by atoms with van der Waals surface area (Å²) in [5.41, 5.74) is 1.59. The topological polar surface area (TPSA) is 50.4 Å². The van der Waals surface area contributed by atoms with Crippen LogP contribution in [0.3, 0.4) is 0 Å². The van der Waals surface area contributed by atoms with Crippen LogP contribution in [-0.2, 0) is 6.42 Å². The zero-order chi connectivity index (χ0) is 16.1. The standard InChI is InChI=1S/C18H19FN2O2/c19-15-7-3-1-5-13(15)9-11-20-18(22)21-16-10-12-23-17-8-4-2-6-14(16)17/h1-8,16H,9-12H2,(H2,20,21,22). The molecule has 2 amide bonds. The summed E-state index contributed by atoms with van der Waals surface area (Å²) in [7, 11) is 0. The van der Waals surface area contributed by atoms with Crippen molar-refractivity contribution < 1.29 is 13.9 Å². The van der Waals surface area contributed by atoms with E-state index < -0.39 is 0 Å². The summed E-state index contributed by atoms with van der Waals surface area (Å²) in [5, 5.41) is 5.73. The first kappa shape index (κ1) is 15.3. The number of hydrogen-bond acceptors (Lipinski definition) is 2. The lowest BCUT2D eigenvalue weighted by molar-refractivity contribution is 0.223. The number of benzene rings is 2. The number of nitrogens with one attached hydrogen (secondary N) is 2. The largest absolute Gasteiger partial charge is 0.493 e. The fraction of sp³-hybridized carbons (Fsp3) is 0.278. The Morgan fingerprint density at radius 2 is 1.96 bits per heavy atom. The van der Waals surface area contributed by atoms with Gasteiger partial charge in [-0.3, -0.25) is 0 Å². The van der Waals surface area contributed by atoms with E-state index in [1.165, 1.54) is 6.07 Å². The number of ether oxygens (including phenoxy) is 1. The normalized spacial score (nSPS) is 16.1. The van der Waals surface area contributed by atoms with Gasteiger partial charge < -0.3 is 15.4 Å². The van der Waals surface area contributed by atoms with Crippen molar-refractivity contribution in [3.63, 3.8) is 0 Å². The zero-order valence-electron chi connectivity index (χ0n) is 12.7. The van der Waals surface area contributed by atoms with Gasteiger partial charge in [-0.25, -0.2) is 9.18 Å². The van der Waals surface area contributed by atoms with Gasteiger partial charge in [0, 0.05) is 18.5 Å². The van der Waals surface area contributed by atoms with E-state index in [-0.39, 0.29) is 17.9 Å². The molecule has 1 atom stereocenters.